The van der Waals surface area contributed by atoms with Gasteiger partial charge in [0.15, 0.2) is 5.82 Å². The van der Waals surface area contributed by atoms with Crippen LogP contribution in [0, 0.1) is 11.2 Å². The second kappa shape index (κ2) is 10.3. The van der Waals surface area contributed by atoms with Gasteiger partial charge in [0, 0.05) is 43.7 Å². The molecule has 3 heterocycles. The van der Waals surface area contributed by atoms with Gasteiger partial charge in [-0.2, -0.15) is 0 Å². The Morgan fingerprint density at radius 3 is 2.42 bits per heavy atom. The van der Waals surface area contributed by atoms with Crippen molar-refractivity contribution in [3.05, 3.63) is 35.9 Å². The van der Waals surface area contributed by atoms with Crippen LogP contribution in [0.5, 0.6) is 11.6 Å². The Labute approximate surface area is 223 Å². The molecule has 1 aromatic carbocycles. The van der Waals surface area contributed by atoms with E-state index in [4.69, 9.17) is 9.47 Å². The molecule has 0 bridgehead atoms. The Morgan fingerprint density at radius 1 is 1.11 bits per heavy atom. The summed E-state index contributed by atoms with van der Waals surface area (Å²) in [7, 11) is 0. The third-order valence-corrected chi connectivity index (χ3v) is 6.74. The predicted octanol–water partition coefficient (Wildman–Crippen LogP) is 4.51. The first kappa shape index (κ1) is 27.5. The lowest BCUT2D eigenvalue weighted by atomic mass is 9.79. The molecule has 0 radical (unpaired) electrons. The number of nitrogens with zero attached hydrogens (tertiary/aromatic N) is 6. The molecule has 1 aromatic heterocycles. The number of anilines is 1. The summed E-state index contributed by atoms with van der Waals surface area (Å²) in [6.45, 7) is 15.8. The van der Waals surface area contributed by atoms with Crippen molar-refractivity contribution < 1.29 is 23.5 Å². The Kier molecular flexibility index (Phi) is 7.49. The van der Waals surface area contributed by atoms with Crippen LogP contribution >= 0.6 is 0 Å². The van der Waals surface area contributed by atoms with Crippen LogP contribution in [0.1, 0.15) is 65.2 Å². The molecule has 38 heavy (non-hydrogen) atoms. The molecule has 2 saturated heterocycles. The molecule has 0 N–H and O–H groups in total. The second-order valence-corrected chi connectivity index (χ2v) is 11.7. The molecular formula is C27H37FN6O4. The van der Waals surface area contributed by atoms with Crippen LogP contribution in [-0.4, -0.2) is 80.8 Å². The van der Waals surface area contributed by atoms with Gasteiger partial charge in [-0.1, -0.05) is 0 Å². The Hall–Kier alpha value is -3.50. The van der Waals surface area contributed by atoms with Crippen LogP contribution < -0.4 is 9.64 Å². The standard InChI is InChI=1S/C27H37FN6O4/c1-17(2)34(18(3)4)24(35)20-12-19(28)8-9-21(20)37-23-22(29-16-30-31-23)32-11-10-27(13-32)14-33(15-27)25(36)38-26(5,6)7/h8-9,12,16-18H,10-11,13-15H2,1-7H3. The van der Waals surface area contributed by atoms with Crippen molar-refractivity contribution >= 4 is 17.8 Å². The number of carbonyl (C=O) groups is 2. The number of aromatic nitrogens is 3. The van der Waals surface area contributed by atoms with Crippen molar-refractivity contribution in [3.8, 4) is 11.6 Å². The normalized spacial score (nSPS) is 16.7. The fraction of sp³-hybridized carbons (Fsp3) is 0.593. The summed E-state index contributed by atoms with van der Waals surface area (Å²) in [5, 5.41) is 8.04. The van der Waals surface area contributed by atoms with Crippen LogP contribution in [0.2, 0.25) is 0 Å². The number of likely N-dealkylation sites (tertiary alicyclic amines) is 1. The number of amides is 2. The highest BCUT2D eigenvalue weighted by atomic mass is 19.1. The zero-order chi connectivity index (χ0) is 27.8. The molecule has 1 spiro atoms. The Bertz CT molecular complexity index is 1180. The highest BCUT2D eigenvalue weighted by Gasteiger charge is 2.51. The fourth-order valence-corrected chi connectivity index (χ4v) is 5.20. The molecule has 2 fully saturated rings. The molecule has 0 unspecified atom stereocenters. The minimum absolute atomic E-state index is 0.0643. The zero-order valence-corrected chi connectivity index (χ0v) is 23.2. The van der Waals surface area contributed by atoms with Crippen LogP contribution in [0.3, 0.4) is 0 Å². The molecule has 206 valence electrons. The third kappa shape index (κ3) is 5.81. The van der Waals surface area contributed by atoms with E-state index in [9.17, 15) is 14.0 Å². The van der Waals surface area contributed by atoms with Crippen molar-refractivity contribution in [1.82, 2.24) is 25.0 Å². The van der Waals surface area contributed by atoms with Crippen LogP contribution in [0.15, 0.2) is 24.5 Å². The SMILES string of the molecule is CC(C)N(C(=O)c1cc(F)ccc1Oc1nncnc1N1CCC2(CN(C(=O)OC(C)(C)C)C2)C1)C(C)C. The van der Waals surface area contributed by atoms with Gasteiger partial charge < -0.3 is 24.2 Å². The minimum Gasteiger partial charge on any atom is -0.444 e. The van der Waals surface area contributed by atoms with E-state index in [-0.39, 0.29) is 46.7 Å². The lowest BCUT2D eigenvalue weighted by Crippen LogP contribution is -2.60. The van der Waals surface area contributed by atoms with Gasteiger partial charge in [0.25, 0.3) is 11.8 Å². The third-order valence-electron chi connectivity index (χ3n) is 6.74. The summed E-state index contributed by atoms with van der Waals surface area (Å²) in [4.78, 5) is 35.7. The molecule has 11 heteroatoms. The van der Waals surface area contributed by atoms with E-state index in [1.807, 2.05) is 48.5 Å². The number of rotatable bonds is 6. The number of benzene rings is 1. The largest absolute Gasteiger partial charge is 0.444 e. The summed E-state index contributed by atoms with van der Waals surface area (Å²) in [5.74, 6) is -0.0691. The first-order chi connectivity index (χ1) is 17.8. The Morgan fingerprint density at radius 2 is 1.79 bits per heavy atom. The first-order valence-electron chi connectivity index (χ1n) is 13.0. The minimum atomic E-state index is -0.539. The number of hydrogen-bond donors (Lipinski definition) is 0. The smallest absolute Gasteiger partial charge is 0.410 e. The molecule has 2 aromatic rings. The summed E-state index contributed by atoms with van der Waals surface area (Å²) >= 11 is 0. The van der Waals surface area contributed by atoms with Gasteiger partial charge >= 0.3 is 6.09 Å². The van der Waals surface area contributed by atoms with E-state index in [2.05, 4.69) is 20.1 Å². The van der Waals surface area contributed by atoms with Crippen molar-refractivity contribution in [2.75, 3.05) is 31.1 Å². The van der Waals surface area contributed by atoms with Crippen LogP contribution in [0.4, 0.5) is 15.0 Å². The monoisotopic (exact) mass is 528 g/mol. The van der Waals surface area contributed by atoms with Gasteiger partial charge in [-0.25, -0.2) is 14.2 Å². The maximum absolute atomic E-state index is 14.2. The van der Waals surface area contributed by atoms with Crippen molar-refractivity contribution in [1.29, 1.82) is 0 Å². The number of carbonyl (C=O) groups excluding carboxylic acids is 2. The van der Waals surface area contributed by atoms with Crippen molar-refractivity contribution in [2.45, 2.75) is 72.6 Å². The summed E-state index contributed by atoms with van der Waals surface area (Å²) in [6.07, 6.45) is 1.91. The van der Waals surface area contributed by atoms with Crippen LogP contribution in [-0.2, 0) is 4.74 Å². The number of halogens is 1. The van der Waals surface area contributed by atoms with Gasteiger partial charge in [-0.05, 0) is 73.1 Å². The van der Waals surface area contributed by atoms with Gasteiger partial charge in [0.2, 0.25) is 0 Å². The van der Waals surface area contributed by atoms with E-state index in [0.29, 0.717) is 32.0 Å². The van der Waals surface area contributed by atoms with E-state index in [0.717, 1.165) is 6.42 Å². The zero-order valence-electron chi connectivity index (χ0n) is 23.2. The quantitative estimate of drug-likeness (QED) is 0.540. The molecule has 0 atom stereocenters. The lowest BCUT2D eigenvalue weighted by molar-refractivity contribution is -0.0266. The lowest BCUT2D eigenvalue weighted by Gasteiger charge is -2.47. The summed E-state index contributed by atoms with van der Waals surface area (Å²) in [5.41, 5.74) is -0.498. The van der Waals surface area contributed by atoms with Crippen LogP contribution in [0.25, 0.3) is 0 Å². The first-order valence-corrected chi connectivity index (χ1v) is 13.0. The van der Waals surface area contributed by atoms with E-state index >= 15 is 0 Å². The maximum atomic E-state index is 14.2. The highest BCUT2D eigenvalue weighted by molar-refractivity contribution is 5.97. The van der Waals surface area contributed by atoms with E-state index in [1.165, 1.54) is 24.5 Å². The van der Waals surface area contributed by atoms with Crippen molar-refractivity contribution in [3.63, 3.8) is 0 Å². The number of ether oxygens (including phenoxy) is 2. The second-order valence-electron chi connectivity index (χ2n) is 11.7. The van der Waals surface area contributed by atoms with Gasteiger partial charge in [-0.15, -0.1) is 10.2 Å². The fourth-order valence-electron chi connectivity index (χ4n) is 5.20. The molecule has 2 aliphatic rings. The molecule has 10 nitrogen and oxygen atoms in total. The Balaban J connectivity index is 1.52. The molecule has 2 amide bonds. The predicted molar refractivity (Wildman–Crippen MR) is 140 cm³/mol. The molecule has 0 aliphatic carbocycles. The molecule has 4 rings (SSSR count). The molecule has 0 saturated carbocycles. The van der Waals surface area contributed by atoms with Crippen molar-refractivity contribution in [2.24, 2.45) is 5.41 Å². The maximum Gasteiger partial charge on any atom is 0.410 e. The van der Waals surface area contributed by atoms with E-state index < -0.39 is 11.4 Å². The van der Waals surface area contributed by atoms with E-state index in [1.54, 1.807) is 9.80 Å². The molecule has 2 aliphatic heterocycles. The topological polar surface area (TPSA) is 101 Å². The summed E-state index contributed by atoms with van der Waals surface area (Å²) < 4.78 is 25.8. The van der Waals surface area contributed by atoms with Gasteiger partial charge in [0.1, 0.15) is 23.5 Å². The highest BCUT2D eigenvalue weighted by Crippen LogP contribution is 2.43. The average molecular weight is 529 g/mol. The molecular weight excluding hydrogens is 491 g/mol. The van der Waals surface area contributed by atoms with Gasteiger partial charge in [-0.3, -0.25) is 4.79 Å². The summed E-state index contributed by atoms with van der Waals surface area (Å²) in [6, 6.07) is 3.68. The van der Waals surface area contributed by atoms with Gasteiger partial charge in [0.05, 0.1) is 5.56 Å². The average Bonchev–Trinajstić information content (AvgIpc) is 3.24. The number of hydrogen-bond acceptors (Lipinski definition) is 8.